The summed E-state index contributed by atoms with van der Waals surface area (Å²) in [6.07, 6.45) is 2.25. The highest BCUT2D eigenvalue weighted by molar-refractivity contribution is 14.0. The van der Waals surface area contributed by atoms with E-state index in [4.69, 9.17) is 4.74 Å². The third-order valence-corrected chi connectivity index (χ3v) is 5.55. The van der Waals surface area contributed by atoms with Crippen molar-refractivity contribution < 1.29 is 4.74 Å². The molecule has 2 N–H and O–H groups in total. The second kappa shape index (κ2) is 11.4. The molecule has 0 amide bonds. The van der Waals surface area contributed by atoms with Gasteiger partial charge in [-0.15, -0.1) is 35.3 Å². The van der Waals surface area contributed by atoms with E-state index >= 15 is 0 Å². The largest absolute Gasteiger partial charge is 0.491 e. The van der Waals surface area contributed by atoms with Gasteiger partial charge in [0, 0.05) is 26.2 Å². The molecule has 1 aromatic heterocycles. The first-order valence-corrected chi connectivity index (χ1v) is 10.1. The number of aliphatic imine (C=N–C) groups is 1. The van der Waals surface area contributed by atoms with Crippen molar-refractivity contribution in [3.63, 3.8) is 0 Å². The zero-order chi connectivity index (χ0) is 18.2. The number of nitrogens with one attached hydrogen (secondary N) is 2. The lowest BCUT2D eigenvalue weighted by Crippen LogP contribution is -2.49. The average Bonchev–Trinajstić information content (AvgIpc) is 3.21. The Labute approximate surface area is 183 Å². The van der Waals surface area contributed by atoms with Crippen molar-refractivity contribution in [2.45, 2.75) is 25.8 Å². The fourth-order valence-electron chi connectivity index (χ4n) is 3.13. The lowest BCUT2D eigenvalue weighted by Gasteiger charge is -2.33. The minimum atomic E-state index is 0. The Balaban J connectivity index is 0.00000261. The van der Waals surface area contributed by atoms with Crippen LogP contribution in [0.1, 0.15) is 18.4 Å². The van der Waals surface area contributed by atoms with Crippen LogP contribution in [0.25, 0.3) is 0 Å². The quantitative estimate of drug-likeness (QED) is 0.274. The molecule has 0 atom stereocenters. The van der Waals surface area contributed by atoms with Crippen LogP contribution in [0.5, 0.6) is 5.75 Å². The van der Waals surface area contributed by atoms with Gasteiger partial charge < -0.3 is 20.3 Å². The highest BCUT2D eigenvalue weighted by Crippen LogP contribution is 2.24. The molecular weight excluding hydrogens is 471 g/mol. The van der Waals surface area contributed by atoms with Gasteiger partial charge in [0.2, 0.25) is 0 Å². The number of rotatable bonds is 6. The van der Waals surface area contributed by atoms with Crippen molar-refractivity contribution in [2.75, 3.05) is 38.2 Å². The number of hydrogen-bond donors (Lipinski definition) is 2. The number of piperidine rings is 1. The summed E-state index contributed by atoms with van der Waals surface area (Å²) in [7, 11) is 1.82. The summed E-state index contributed by atoms with van der Waals surface area (Å²) in [6, 6.07) is 12.9. The average molecular weight is 500 g/mol. The number of halogens is 1. The summed E-state index contributed by atoms with van der Waals surface area (Å²) in [5.41, 5.74) is 1.16. The zero-order valence-corrected chi connectivity index (χ0v) is 19.1. The third kappa shape index (κ3) is 6.57. The van der Waals surface area contributed by atoms with E-state index in [9.17, 15) is 0 Å². The Morgan fingerprint density at radius 2 is 2.00 bits per heavy atom. The van der Waals surface area contributed by atoms with Gasteiger partial charge in [-0.25, -0.2) is 0 Å². The molecule has 1 aliphatic rings. The maximum absolute atomic E-state index is 5.83. The summed E-state index contributed by atoms with van der Waals surface area (Å²) >= 11 is 1.82. The Kier molecular flexibility index (Phi) is 9.20. The first kappa shape index (κ1) is 21.8. The van der Waals surface area contributed by atoms with Gasteiger partial charge in [-0.05, 0) is 48.9 Å². The lowest BCUT2D eigenvalue weighted by atomic mass is 10.1. The maximum Gasteiger partial charge on any atom is 0.191 e. The SMILES string of the molecule is CN=C(NCCOc1ccccc1C)NC1CCN(c2cccs2)CC1.I. The molecule has 7 heteroatoms. The number of nitrogens with zero attached hydrogens (tertiary/aromatic N) is 2. The van der Waals surface area contributed by atoms with Gasteiger partial charge in [0.1, 0.15) is 12.4 Å². The van der Waals surface area contributed by atoms with Crippen LogP contribution < -0.4 is 20.3 Å². The van der Waals surface area contributed by atoms with Crippen molar-refractivity contribution in [3.05, 3.63) is 47.3 Å². The molecule has 2 heterocycles. The molecule has 1 aliphatic heterocycles. The summed E-state index contributed by atoms with van der Waals surface area (Å²) < 4.78 is 5.83. The Bertz CT molecular complexity index is 700. The highest BCUT2D eigenvalue weighted by Gasteiger charge is 2.20. The number of thiophene rings is 1. The van der Waals surface area contributed by atoms with Gasteiger partial charge >= 0.3 is 0 Å². The molecule has 1 fully saturated rings. The van der Waals surface area contributed by atoms with E-state index in [1.54, 1.807) is 0 Å². The molecule has 0 unspecified atom stereocenters. The van der Waals surface area contributed by atoms with Crippen LogP contribution in [-0.2, 0) is 0 Å². The standard InChI is InChI=1S/C20H28N4OS.HI/c1-16-6-3-4-7-18(16)25-14-11-22-20(21-2)23-17-9-12-24(13-10-17)19-8-5-15-26-19;/h3-8,15,17H,9-14H2,1-2H3,(H2,21,22,23);1H. The van der Waals surface area contributed by atoms with Gasteiger partial charge in [0.05, 0.1) is 11.5 Å². The molecule has 0 spiro atoms. The highest BCUT2D eigenvalue weighted by atomic mass is 127. The van der Waals surface area contributed by atoms with Gasteiger partial charge in [0.25, 0.3) is 0 Å². The molecule has 1 saturated heterocycles. The molecule has 3 rings (SSSR count). The molecule has 148 valence electrons. The van der Waals surface area contributed by atoms with Gasteiger partial charge in [0.15, 0.2) is 5.96 Å². The molecule has 5 nitrogen and oxygen atoms in total. The fourth-order valence-corrected chi connectivity index (χ4v) is 3.92. The van der Waals surface area contributed by atoms with E-state index in [2.05, 4.69) is 51.0 Å². The Morgan fingerprint density at radius 3 is 2.67 bits per heavy atom. The van der Waals surface area contributed by atoms with Crippen molar-refractivity contribution in [2.24, 2.45) is 4.99 Å². The van der Waals surface area contributed by atoms with E-state index < -0.39 is 0 Å². The third-order valence-electron chi connectivity index (χ3n) is 4.62. The summed E-state index contributed by atoms with van der Waals surface area (Å²) in [4.78, 5) is 6.81. The number of guanidine groups is 1. The predicted molar refractivity (Wildman–Crippen MR) is 126 cm³/mol. The van der Waals surface area contributed by atoms with Gasteiger partial charge in [-0.2, -0.15) is 0 Å². The summed E-state index contributed by atoms with van der Waals surface area (Å²) in [5, 5.41) is 10.4. The van der Waals surface area contributed by atoms with E-state index in [0.29, 0.717) is 12.6 Å². The lowest BCUT2D eigenvalue weighted by molar-refractivity contribution is 0.319. The number of hydrogen-bond acceptors (Lipinski definition) is 4. The van der Waals surface area contributed by atoms with Crippen LogP contribution in [-0.4, -0.2) is 45.3 Å². The first-order chi connectivity index (χ1) is 12.8. The summed E-state index contributed by atoms with van der Waals surface area (Å²) in [6.45, 7) is 5.58. The zero-order valence-electron chi connectivity index (χ0n) is 16.0. The molecule has 0 aliphatic carbocycles. The minimum absolute atomic E-state index is 0. The number of anilines is 1. The normalized spacial score (nSPS) is 15.2. The number of benzene rings is 1. The summed E-state index contributed by atoms with van der Waals surface area (Å²) in [5.74, 6) is 1.80. The fraction of sp³-hybridized carbons (Fsp3) is 0.450. The van der Waals surface area contributed by atoms with Crippen molar-refractivity contribution in [1.29, 1.82) is 0 Å². The van der Waals surface area contributed by atoms with E-state index in [0.717, 1.165) is 49.7 Å². The second-order valence-corrected chi connectivity index (χ2v) is 7.40. The smallest absolute Gasteiger partial charge is 0.191 e. The van der Waals surface area contributed by atoms with Crippen molar-refractivity contribution >= 4 is 46.3 Å². The van der Waals surface area contributed by atoms with Gasteiger partial charge in [-0.3, -0.25) is 4.99 Å². The molecule has 1 aromatic carbocycles. The van der Waals surface area contributed by atoms with Crippen LogP contribution in [0.2, 0.25) is 0 Å². The second-order valence-electron chi connectivity index (χ2n) is 6.47. The predicted octanol–water partition coefficient (Wildman–Crippen LogP) is 3.89. The van der Waals surface area contributed by atoms with Gasteiger partial charge in [-0.1, -0.05) is 18.2 Å². The molecule has 27 heavy (non-hydrogen) atoms. The monoisotopic (exact) mass is 500 g/mol. The van der Waals surface area contributed by atoms with E-state index in [1.165, 1.54) is 5.00 Å². The molecule has 0 bridgehead atoms. The van der Waals surface area contributed by atoms with Crippen molar-refractivity contribution in [3.8, 4) is 5.75 Å². The Hall–Kier alpha value is -1.48. The molecule has 0 radical (unpaired) electrons. The number of aryl methyl sites for hydroxylation is 1. The number of para-hydroxylation sites is 1. The number of ether oxygens (including phenoxy) is 1. The Morgan fingerprint density at radius 1 is 1.22 bits per heavy atom. The maximum atomic E-state index is 5.83. The van der Waals surface area contributed by atoms with Crippen LogP contribution in [0.15, 0.2) is 46.8 Å². The first-order valence-electron chi connectivity index (χ1n) is 9.20. The van der Waals surface area contributed by atoms with E-state index in [1.807, 2.05) is 36.6 Å². The molecule has 2 aromatic rings. The van der Waals surface area contributed by atoms with Crippen molar-refractivity contribution in [1.82, 2.24) is 10.6 Å². The minimum Gasteiger partial charge on any atom is -0.491 e. The topological polar surface area (TPSA) is 48.9 Å². The van der Waals surface area contributed by atoms with Crippen LogP contribution in [0, 0.1) is 6.92 Å². The van der Waals surface area contributed by atoms with Crippen LogP contribution in [0.3, 0.4) is 0 Å². The van der Waals surface area contributed by atoms with E-state index in [-0.39, 0.29) is 24.0 Å². The molecular formula is C20H29IN4OS. The van der Waals surface area contributed by atoms with Crippen LogP contribution in [0.4, 0.5) is 5.00 Å². The van der Waals surface area contributed by atoms with Crippen LogP contribution >= 0.6 is 35.3 Å². The molecule has 0 saturated carbocycles.